The molecule has 2 heterocycles. The summed E-state index contributed by atoms with van der Waals surface area (Å²) in [5.41, 5.74) is -0.424. The summed E-state index contributed by atoms with van der Waals surface area (Å²) in [6, 6.07) is 0. The Morgan fingerprint density at radius 1 is 1.25 bits per heavy atom. The molecule has 2 aliphatic rings. The number of nitrogens with one attached hydrogen (secondary N) is 1. The first kappa shape index (κ1) is 14.0. The molecule has 0 bridgehead atoms. The number of aromatic amines is 1. The van der Waals surface area contributed by atoms with Crippen LogP contribution in [0.4, 0.5) is 0 Å². The monoisotopic (exact) mass is 278 g/mol. The van der Waals surface area contributed by atoms with E-state index >= 15 is 0 Å². The quantitative estimate of drug-likeness (QED) is 0.887. The number of aryl methyl sites for hydroxylation is 1. The molecule has 0 radical (unpaired) electrons. The van der Waals surface area contributed by atoms with Gasteiger partial charge in [-0.2, -0.15) is 5.10 Å². The van der Waals surface area contributed by atoms with Gasteiger partial charge in [0.25, 0.3) is 0 Å². The zero-order chi connectivity index (χ0) is 14.0. The van der Waals surface area contributed by atoms with E-state index in [9.17, 15) is 5.11 Å². The predicted octanol–water partition coefficient (Wildman–Crippen LogP) is 1.99. The fraction of sp³-hybridized carbons (Fsp3) is 0.867. The number of likely N-dealkylation sites (tertiary alicyclic amines) is 1. The number of rotatable bonds is 3. The smallest absolute Gasteiger partial charge is 0.153 e. The molecule has 5 nitrogen and oxygen atoms in total. The molecule has 2 fully saturated rings. The van der Waals surface area contributed by atoms with Crippen LogP contribution in [0.1, 0.15) is 62.5 Å². The molecule has 3 rings (SSSR count). The summed E-state index contributed by atoms with van der Waals surface area (Å²) in [4.78, 5) is 6.89. The Hall–Kier alpha value is -0.940. The van der Waals surface area contributed by atoms with Gasteiger partial charge in [0.2, 0.25) is 0 Å². The average molecular weight is 278 g/mol. The maximum atomic E-state index is 10.6. The van der Waals surface area contributed by atoms with Gasteiger partial charge in [0, 0.05) is 12.5 Å². The summed E-state index contributed by atoms with van der Waals surface area (Å²) >= 11 is 0. The van der Waals surface area contributed by atoms with E-state index in [0.29, 0.717) is 5.92 Å². The second kappa shape index (κ2) is 5.82. The second-order valence-electron chi connectivity index (χ2n) is 6.61. The van der Waals surface area contributed by atoms with Crippen molar-refractivity contribution >= 4 is 0 Å². The van der Waals surface area contributed by atoms with Crippen molar-refractivity contribution in [3.8, 4) is 0 Å². The lowest BCUT2D eigenvalue weighted by molar-refractivity contribution is -0.0308. The van der Waals surface area contributed by atoms with Gasteiger partial charge in [0.05, 0.1) is 5.60 Å². The first-order valence-electron chi connectivity index (χ1n) is 7.98. The van der Waals surface area contributed by atoms with Gasteiger partial charge in [0.1, 0.15) is 5.82 Å². The third-order valence-electron chi connectivity index (χ3n) is 4.87. The molecule has 1 aliphatic carbocycles. The van der Waals surface area contributed by atoms with E-state index < -0.39 is 5.60 Å². The van der Waals surface area contributed by atoms with Gasteiger partial charge < -0.3 is 10.0 Å². The molecule has 0 aromatic carbocycles. The van der Waals surface area contributed by atoms with E-state index in [1.807, 2.05) is 6.92 Å². The van der Waals surface area contributed by atoms with Gasteiger partial charge in [-0.15, -0.1) is 0 Å². The fourth-order valence-corrected chi connectivity index (χ4v) is 3.68. The molecule has 1 saturated heterocycles. The molecule has 0 amide bonds. The maximum absolute atomic E-state index is 10.6. The molecular weight excluding hydrogens is 252 g/mol. The lowest BCUT2D eigenvalue weighted by atomic mass is 9.84. The van der Waals surface area contributed by atoms with Gasteiger partial charge >= 0.3 is 0 Å². The molecule has 20 heavy (non-hydrogen) atoms. The third-order valence-corrected chi connectivity index (χ3v) is 4.87. The van der Waals surface area contributed by atoms with E-state index in [1.54, 1.807) is 0 Å². The number of aliphatic hydroxyl groups is 1. The first-order valence-corrected chi connectivity index (χ1v) is 7.98. The summed E-state index contributed by atoms with van der Waals surface area (Å²) in [6.45, 7) is 4.91. The highest BCUT2D eigenvalue weighted by Gasteiger charge is 2.33. The van der Waals surface area contributed by atoms with Crippen LogP contribution >= 0.6 is 0 Å². The summed E-state index contributed by atoms with van der Waals surface area (Å²) in [5.74, 6) is 2.36. The minimum Gasteiger partial charge on any atom is -0.389 e. The molecular formula is C15H26N4O. The highest BCUT2D eigenvalue weighted by atomic mass is 16.3. The van der Waals surface area contributed by atoms with E-state index in [4.69, 9.17) is 0 Å². The number of β-amino-alcohol motifs (C(OH)–C–C–N with tert-alkyl or cyclic N) is 1. The predicted molar refractivity (Wildman–Crippen MR) is 77.6 cm³/mol. The molecule has 1 aliphatic heterocycles. The summed E-state index contributed by atoms with van der Waals surface area (Å²) in [7, 11) is 0. The Morgan fingerprint density at radius 2 is 1.95 bits per heavy atom. The lowest BCUT2D eigenvalue weighted by Crippen LogP contribution is -2.47. The van der Waals surface area contributed by atoms with Crippen molar-refractivity contribution in [2.45, 2.75) is 63.4 Å². The Labute approximate surface area is 120 Å². The van der Waals surface area contributed by atoms with Crippen molar-refractivity contribution in [2.24, 2.45) is 0 Å². The highest BCUT2D eigenvalue weighted by Crippen LogP contribution is 2.31. The highest BCUT2D eigenvalue weighted by molar-refractivity contribution is 4.99. The van der Waals surface area contributed by atoms with Crippen LogP contribution in [0.2, 0.25) is 0 Å². The minimum absolute atomic E-state index is 0.424. The number of aromatic nitrogens is 3. The van der Waals surface area contributed by atoms with Crippen LogP contribution in [0.5, 0.6) is 0 Å². The molecule has 0 atom stereocenters. The molecule has 0 spiro atoms. The van der Waals surface area contributed by atoms with Crippen LogP contribution in [-0.2, 0) is 0 Å². The Morgan fingerprint density at radius 3 is 2.55 bits per heavy atom. The second-order valence-corrected chi connectivity index (χ2v) is 6.61. The van der Waals surface area contributed by atoms with E-state index in [0.717, 1.165) is 57.0 Å². The van der Waals surface area contributed by atoms with E-state index in [1.165, 1.54) is 19.3 Å². The molecule has 1 saturated carbocycles. The van der Waals surface area contributed by atoms with Crippen LogP contribution in [0, 0.1) is 6.92 Å². The van der Waals surface area contributed by atoms with Gasteiger partial charge in [-0.25, -0.2) is 4.98 Å². The Balaban J connectivity index is 1.51. The van der Waals surface area contributed by atoms with Crippen LogP contribution < -0.4 is 0 Å². The van der Waals surface area contributed by atoms with E-state index in [2.05, 4.69) is 20.1 Å². The molecule has 2 N–H and O–H groups in total. The van der Waals surface area contributed by atoms with E-state index in [-0.39, 0.29) is 0 Å². The van der Waals surface area contributed by atoms with Crippen molar-refractivity contribution in [3.63, 3.8) is 0 Å². The minimum atomic E-state index is -0.424. The molecule has 112 valence electrons. The number of hydrogen-bond acceptors (Lipinski definition) is 4. The first-order chi connectivity index (χ1) is 9.65. The van der Waals surface area contributed by atoms with Gasteiger partial charge in [-0.05, 0) is 45.7 Å². The zero-order valence-corrected chi connectivity index (χ0v) is 12.4. The van der Waals surface area contributed by atoms with Crippen molar-refractivity contribution in [1.82, 2.24) is 20.1 Å². The number of nitrogens with zero attached hydrogens (tertiary/aromatic N) is 3. The Kier molecular flexibility index (Phi) is 4.08. The molecule has 1 aromatic heterocycles. The normalized spacial score (nSPS) is 24.9. The van der Waals surface area contributed by atoms with Crippen LogP contribution in [0.25, 0.3) is 0 Å². The standard InChI is InChI=1S/C15H26N4O/c1-12-16-14(18-17-12)13-5-9-19(10-6-13)11-15(20)7-3-2-4-8-15/h13,20H,2-11H2,1H3,(H,16,17,18). The van der Waals surface area contributed by atoms with Crippen molar-refractivity contribution in [2.75, 3.05) is 19.6 Å². The molecule has 1 aromatic rings. The largest absolute Gasteiger partial charge is 0.389 e. The van der Waals surface area contributed by atoms with Crippen LogP contribution in [0.15, 0.2) is 0 Å². The topological polar surface area (TPSA) is 65.0 Å². The Bertz CT molecular complexity index is 431. The molecule has 0 unspecified atom stereocenters. The van der Waals surface area contributed by atoms with Crippen molar-refractivity contribution < 1.29 is 5.11 Å². The van der Waals surface area contributed by atoms with Gasteiger partial charge in [-0.1, -0.05) is 19.3 Å². The van der Waals surface area contributed by atoms with Crippen LogP contribution in [0.3, 0.4) is 0 Å². The lowest BCUT2D eigenvalue weighted by Gasteiger charge is -2.39. The maximum Gasteiger partial charge on any atom is 0.153 e. The average Bonchev–Trinajstić information content (AvgIpc) is 2.87. The van der Waals surface area contributed by atoms with Gasteiger partial charge in [-0.3, -0.25) is 5.10 Å². The fourth-order valence-electron chi connectivity index (χ4n) is 3.68. The van der Waals surface area contributed by atoms with Crippen molar-refractivity contribution in [3.05, 3.63) is 11.6 Å². The summed E-state index contributed by atoms with van der Waals surface area (Å²) < 4.78 is 0. The SMILES string of the molecule is Cc1nc(C2CCN(CC3(O)CCCCC3)CC2)n[nH]1. The van der Waals surface area contributed by atoms with Gasteiger partial charge in [0.15, 0.2) is 5.82 Å². The zero-order valence-electron chi connectivity index (χ0n) is 12.4. The molecule has 5 heteroatoms. The third kappa shape index (κ3) is 3.20. The van der Waals surface area contributed by atoms with Crippen LogP contribution in [-0.4, -0.2) is 50.4 Å². The summed E-state index contributed by atoms with van der Waals surface area (Å²) in [6.07, 6.45) is 7.82. The summed E-state index contributed by atoms with van der Waals surface area (Å²) in [5, 5.41) is 17.9. The van der Waals surface area contributed by atoms with Crippen molar-refractivity contribution in [1.29, 1.82) is 0 Å². The number of hydrogen-bond donors (Lipinski definition) is 2. The number of H-pyrrole nitrogens is 1. The number of piperidine rings is 1.